The van der Waals surface area contributed by atoms with Crippen LogP contribution in [0.15, 0.2) is 36.5 Å². The molecule has 10 heteroatoms. The molecule has 2 N–H and O–H groups in total. The summed E-state index contributed by atoms with van der Waals surface area (Å²) in [5.74, 6) is -1.27. The first-order valence-electron chi connectivity index (χ1n) is 12.6. The fraction of sp³-hybridized carbons (Fsp3) is 0.393. The van der Waals surface area contributed by atoms with Crippen LogP contribution < -0.4 is 15.0 Å². The predicted octanol–water partition coefficient (Wildman–Crippen LogP) is 4.38. The number of halogens is 2. The fourth-order valence-corrected chi connectivity index (χ4v) is 5.30. The number of nitrogens with zero attached hydrogens (tertiary/aromatic N) is 4. The summed E-state index contributed by atoms with van der Waals surface area (Å²) in [5.41, 5.74) is 3.22. The third kappa shape index (κ3) is 4.76. The summed E-state index contributed by atoms with van der Waals surface area (Å²) in [5, 5.41) is 12.4. The van der Waals surface area contributed by atoms with Crippen LogP contribution in [0.5, 0.6) is 5.75 Å². The number of anilines is 3. The first-order valence-corrected chi connectivity index (χ1v) is 12.6. The Hall–Kier alpha value is -3.79. The summed E-state index contributed by atoms with van der Waals surface area (Å²) in [6.07, 6.45) is 1.06. The Labute approximate surface area is 220 Å². The van der Waals surface area contributed by atoms with Crippen molar-refractivity contribution in [3.8, 4) is 17.0 Å². The number of carbonyl (C=O) groups is 1. The van der Waals surface area contributed by atoms with E-state index in [0.717, 1.165) is 17.3 Å². The summed E-state index contributed by atoms with van der Waals surface area (Å²) in [4.78, 5) is 24.3. The number of fused-ring (bicyclic) bond motifs is 2. The molecule has 0 bridgehead atoms. The quantitative estimate of drug-likeness (QED) is 0.513. The van der Waals surface area contributed by atoms with Crippen molar-refractivity contribution in [1.29, 1.82) is 0 Å². The van der Waals surface area contributed by atoms with Gasteiger partial charge in [0.25, 0.3) is 0 Å². The highest BCUT2D eigenvalue weighted by Crippen LogP contribution is 2.40. The lowest BCUT2D eigenvalue weighted by Crippen LogP contribution is -2.46. The Morgan fingerprint density at radius 1 is 1.21 bits per heavy atom. The fourth-order valence-electron chi connectivity index (χ4n) is 5.30. The number of ether oxygens (including phenoxy) is 1. The molecule has 1 amide bonds. The van der Waals surface area contributed by atoms with E-state index < -0.39 is 18.2 Å². The number of hydrogen-bond acceptors (Lipinski definition) is 7. The van der Waals surface area contributed by atoms with Crippen molar-refractivity contribution < 1.29 is 23.4 Å². The van der Waals surface area contributed by atoms with Gasteiger partial charge < -0.3 is 25.0 Å². The van der Waals surface area contributed by atoms with Crippen LogP contribution in [-0.4, -0.2) is 58.2 Å². The largest absolute Gasteiger partial charge is 0.486 e. The Kier molecular flexibility index (Phi) is 6.68. The van der Waals surface area contributed by atoms with E-state index >= 15 is 0 Å². The third-order valence-electron chi connectivity index (χ3n) is 7.08. The highest BCUT2D eigenvalue weighted by atomic mass is 19.1. The van der Waals surface area contributed by atoms with Crippen molar-refractivity contribution in [3.05, 3.63) is 59.3 Å². The number of aromatic nitrogens is 2. The number of nitrogens with one attached hydrogen (secondary N) is 1. The summed E-state index contributed by atoms with van der Waals surface area (Å²) in [6.45, 7) is 9.42. The second-order valence-electron chi connectivity index (χ2n) is 10.6. The molecule has 5 rings (SSSR count). The maximum absolute atomic E-state index is 15.0. The molecule has 0 saturated heterocycles. The lowest BCUT2D eigenvalue weighted by Gasteiger charge is -2.40. The maximum Gasteiger partial charge on any atom is 0.248 e. The zero-order chi connectivity index (χ0) is 27.2. The number of aliphatic hydroxyl groups is 1. The van der Waals surface area contributed by atoms with Gasteiger partial charge in [-0.25, -0.2) is 18.7 Å². The maximum atomic E-state index is 15.0. The van der Waals surface area contributed by atoms with Gasteiger partial charge >= 0.3 is 0 Å². The number of carbonyl (C=O) groups excluding carboxylic acids is 1. The molecule has 0 saturated carbocycles. The van der Waals surface area contributed by atoms with Crippen LogP contribution in [0.3, 0.4) is 0 Å². The van der Waals surface area contributed by atoms with Gasteiger partial charge in [-0.05, 0) is 49.2 Å². The molecule has 200 valence electrons. The molecule has 3 heterocycles. The monoisotopic (exact) mass is 523 g/mol. The molecule has 2 aliphatic heterocycles. The molecule has 0 aliphatic carbocycles. The smallest absolute Gasteiger partial charge is 0.248 e. The zero-order valence-electron chi connectivity index (χ0n) is 21.9. The minimum absolute atomic E-state index is 0.0303. The van der Waals surface area contributed by atoms with Gasteiger partial charge in [0.15, 0.2) is 17.4 Å². The summed E-state index contributed by atoms with van der Waals surface area (Å²) in [7, 11) is 0. The van der Waals surface area contributed by atoms with Crippen LogP contribution in [0.1, 0.15) is 38.8 Å². The normalized spacial score (nSPS) is 16.1. The van der Waals surface area contributed by atoms with E-state index in [1.165, 1.54) is 6.07 Å². The van der Waals surface area contributed by atoms with E-state index in [4.69, 9.17) is 4.74 Å². The molecule has 2 aromatic carbocycles. The van der Waals surface area contributed by atoms with Crippen LogP contribution in [0.4, 0.5) is 26.1 Å². The number of rotatable bonds is 5. The Morgan fingerprint density at radius 2 is 2.00 bits per heavy atom. The lowest BCUT2D eigenvalue weighted by atomic mass is 9.78. The van der Waals surface area contributed by atoms with E-state index in [9.17, 15) is 18.7 Å². The van der Waals surface area contributed by atoms with Crippen molar-refractivity contribution in [2.24, 2.45) is 0 Å². The van der Waals surface area contributed by atoms with E-state index in [0.29, 0.717) is 37.6 Å². The predicted molar refractivity (Wildman–Crippen MR) is 141 cm³/mol. The molecule has 0 radical (unpaired) electrons. The first kappa shape index (κ1) is 25.8. The van der Waals surface area contributed by atoms with Crippen LogP contribution in [-0.2, 0) is 16.8 Å². The molecule has 38 heavy (non-hydrogen) atoms. The molecular weight excluding hydrogens is 492 g/mol. The zero-order valence-corrected chi connectivity index (χ0v) is 21.9. The van der Waals surface area contributed by atoms with Crippen LogP contribution in [0.25, 0.3) is 11.3 Å². The van der Waals surface area contributed by atoms with Gasteiger partial charge in [0.05, 0.1) is 18.4 Å². The van der Waals surface area contributed by atoms with Crippen molar-refractivity contribution in [1.82, 2.24) is 14.9 Å². The van der Waals surface area contributed by atoms with Gasteiger partial charge in [-0.1, -0.05) is 19.9 Å². The topological polar surface area (TPSA) is 90.8 Å². The average molecular weight is 524 g/mol. The van der Waals surface area contributed by atoms with Gasteiger partial charge in [-0.3, -0.25) is 4.79 Å². The van der Waals surface area contributed by atoms with Gasteiger partial charge in [-0.15, -0.1) is 0 Å². The molecule has 0 spiro atoms. The van der Waals surface area contributed by atoms with Gasteiger partial charge in [0.2, 0.25) is 11.9 Å². The molecule has 0 atom stereocenters. The van der Waals surface area contributed by atoms with Crippen LogP contribution >= 0.6 is 0 Å². The lowest BCUT2D eigenvalue weighted by molar-refractivity contribution is -0.136. The minimum atomic E-state index is -0.673. The third-order valence-corrected chi connectivity index (χ3v) is 7.08. The number of benzene rings is 2. The number of amides is 1. The van der Waals surface area contributed by atoms with Gasteiger partial charge in [0.1, 0.15) is 18.9 Å². The second-order valence-corrected chi connectivity index (χ2v) is 10.6. The minimum Gasteiger partial charge on any atom is -0.486 e. The molecule has 3 aromatic rings. The van der Waals surface area contributed by atoms with Crippen LogP contribution in [0, 0.1) is 11.6 Å². The van der Waals surface area contributed by atoms with Crippen molar-refractivity contribution in [3.63, 3.8) is 0 Å². The van der Waals surface area contributed by atoms with E-state index in [1.807, 2.05) is 50.8 Å². The second kappa shape index (κ2) is 9.83. The van der Waals surface area contributed by atoms with Crippen molar-refractivity contribution >= 4 is 23.2 Å². The highest BCUT2D eigenvalue weighted by Gasteiger charge is 2.33. The summed E-state index contributed by atoms with van der Waals surface area (Å²) >= 11 is 0. The van der Waals surface area contributed by atoms with Gasteiger partial charge in [0, 0.05) is 35.8 Å². The van der Waals surface area contributed by atoms with Crippen molar-refractivity contribution in [2.75, 3.05) is 36.5 Å². The van der Waals surface area contributed by atoms with E-state index in [2.05, 4.69) is 15.3 Å². The molecule has 0 fully saturated rings. The Bertz CT molecular complexity index is 1400. The Morgan fingerprint density at radius 3 is 2.74 bits per heavy atom. The Balaban J connectivity index is 1.47. The van der Waals surface area contributed by atoms with Gasteiger partial charge in [-0.2, -0.15) is 0 Å². The first-order chi connectivity index (χ1) is 18.1. The molecular formula is C28H31F2N5O3. The molecule has 2 aliphatic rings. The SMILES string of the molecule is CC(C)N1CCOc2c(F)cc(-c3nc(Nc4ccc5c(c4)CN(C(=O)CO)CC5(C)C)ncc3F)cc21. The van der Waals surface area contributed by atoms with E-state index in [1.54, 1.807) is 11.0 Å². The van der Waals surface area contributed by atoms with Crippen LogP contribution in [0.2, 0.25) is 0 Å². The molecule has 8 nitrogen and oxygen atoms in total. The van der Waals surface area contributed by atoms with E-state index in [-0.39, 0.29) is 40.3 Å². The van der Waals surface area contributed by atoms with Crippen molar-refractivity contribution in [2.45, 2.75) is 45.7 Å². The average Bonchev–Trinajstić information content (AvgIpc) is 2.88. The standard InChI is InChI=1S/C28H31F2N5O3/c1-16(2)35-7-8-38-26-21(29)10-17(11-23(26)35)25-22(30)12-31-27(33-25)32-19-5-6-20-18(9-19)13-34(24(37)14-36)15-28(20,3)4/h5-6,9-12,16,36H,7-8,13-15H2,1-4H3,(H,31,32,33). The number of aliphatic hydroxyl groups excluding tert-OH is 1. The number of hydrogen-bond donors (Lipinski definition) is 2. The molecule has 0 unspecified atom stereocenters. The summed E-state index contributed by atoms with van der Waals surface area (Å²) < 4.78 is 35.4. The highest BCUT2D eigenvalue weighted by molar-refractivity contribution is 5.78. The molecule has 1 aromatic heterocycles. The summed E-state index contributed by atoms with van der Waals surface area (Å²) in [6, 6.07) is 8.80.